The molecule has 0 radical (unpaired) electrons. The third-order valence-electron chi connectivity index (χ3n) is 4.03. The van der Waals surface area contributed by atoms with E-state index in [4.69, 9.17) is 10.5 Å². The minimum atomic E-state index is -0.561. The van der Waals surface area contributed by atoms with Crippen LogP contribution in [0.1, 0.15) is 28.5 Å². The summed E-state index contributed by atoms with van der Waals surface area (Å²) in [4.78, 5) is 21.2. The molecule has 6 nitrogen and oxygen atoms in total. The van der Waals surface area contributed by atoms with Crippen LogP contribution in [0.3, 0.4) is 0 Å². The van der Waals surface area contributed by atoms with Gasteiger partial charge in [0.1, 0.15) is 23.7 Å². The van der Waals surface area contributed by atoms with E-state index in [9.17, 15) is 4.79 Å². The topological polar surface area (TPSA) is 89.6 Å². The maximum Gasteiger partial charge on any atom is 0.274 e. The number of amides is 1. The molecule has 0 aliphatic carbocycles. The first-order chi connectivity index (χ1) is 11.9. The Morgan fingerprint density at radius 1 is 1.40 bits per heavy atom. The normalized spacial score (nSPS) is 20.0. The zero-order chi connectivity index (χ0) is 18.0. The van der Waals surface area contributed by atoms with E-state index in [-0.39, 0.29) is 5.91 Å². The molecule has 0 bridgehead atoms. The molecule has 3 N–H and O–H groups in total. The molecule has 0 saturated heterocycles. The van der Waals surface area contributed by atoms with Crippen LogP contribution in [0, 0.1) is 6.92 Å². The minimum Gasteiger partial charge on any atom is -0.386 e. The van der Waals surface area contributed by atoms with Crippen molar-refractivity contribution >= 4 is 33.4 Å². The number of hydrogen-bond donors (Lipinski definition) is 2. The average molecular weight is 403 g/mol. The molecule has 1 aromatic carbocycles. The molecule has 1 atom stereocenters. The van der Waals surface area contributed by atoms with Gasteiger partial charge in [0.05, 0.1) is 6.61 Å². The Hall–Kier alpha value is -2.25. The van der Waals surface area contributed by atoms with E-state index in [2.05, 4.69) is 31.2 Å². The molecule has 1 aliphatic heterocycles. The van der Waals surface area contributed by atoms with E-state index in [0.717, 1.165) is 15.6 Å². The second-order valence-electron chi connectivity index (χ2n) is 6.22. The number of aromatic nitrogens is 1. The van der Waals surface area contributed by atoms with Crippen molar-refractivity contribution in [1.82, 2.24) is 4.98 Å². The van der Waals surface area contributed by atoms with E-state index in [0.29, 0.717) is 30.4 Å². The molecule has 0 spiro atoms. The van der Waals surface area contributed by atoms with Gasteiger partial charge in [-0.25, -0.2) is 4.98 Å². The number of halogens is 1. The van der Waals surface area contributed by atoms with Gasteiger partial charge >= 0.3 is 0 Å². The first-order valence-corrected chi connectivity index (χ1v) is 8.63. The summed E-state index contributed by atoms with van der Waals surface area (Å²) in [5.74, 6) is 0.216. The third-order valence-corrected chi connectivity index (χ3v) is 4.46. The Morgan fingerprint density at radius 2 is 2.20 bits per heavy atom. The van der Waals surface area contributed by atoms with Crippen LogP contribution in [0.4, 0.5) is 5.69 Å². The van der Waals surface area contributed by atoms with Crippen LogP contribution in [0.2, 0.25) is 0 Å². The third kappa shape index (κ3) is 3.88. The number of nitrogens with one attached hydrogen (secondary N) is 1. The molecule has 0 saturated carbocycles. The van der Waals surface area contributed by atoms with Crippen molar-refractivity contribution in [2.75, 3.05) is 18.5 Å². The monoisotopic (exact) mass is 402 g/mol. The van der Waals surface area contributed by atoms with Gasteiger partial charge in [0, 0.05) is 16.4 Å². The predicted molar refractivity (Wildman–Crippen MR) is 101 cm³/mol. The van der Waals surface area contributed by atoms with E-state index in [1.807, 2.05) is 44.2 Å². The van der Waals surface area contributed by atoms with Crippen LogP contribution in [0.15, 0.2) is 46.0 Å². The van der Waals surface area contributed by atoms with Crippen molar-refractivity contribution in [3.8, 4) is 0 Å². The molecule has 130 valence electrons. The Kier molecular flexibility index (Phi) is 4.87. The maximum absolute atomic E-state index is 12.5. The van der Waals surface area contributed by atoms with Crippen molar-refractivity contribution < 1.29 is 9.53 Å². The average Bonchev–Trinajstić information content (AvgIpc) is 2.54. The molecule has 2 heterocycles. The highest BCUT2D eigenvalue weighted by Gasteiger charge is 2.30. The van der Waals surface area contributed by atoms with Gasteiger partial charge in [-0.05, 0) is 59.1 Å². The number of rotatable bonds is 3. The highest BCUT2D eigenvalue weighted by molar-refractivity contribution is 9.10. The summed E-state index contributed by atoms with van der Waals surface area (Å²) in [6.07, 6.45) is 1.61. The summed E-state index contributed by atoms with van der Waals surface area (Å²) in [5.41, 5.74) is 8.04. The number of carbonyl (C=O) groups is 1. The predicted octanol–water partition coefficient (Wildman–Crippen LogP) is 3.01. The van der Waals surface area contributed by atoms with E-state index in [1.54, 1.807) is 6.20 Å². The number of anilines is 1. The number of carbonyl (C=O) groups excluding carboxylic acids is 1. The first kappa shape index (κ1) is 17.6. The molecule has 1 aromatic heterocycles. The van der Waals surface area contributed by atoms with Crippen molar-refractivity contribution in [3.63, 3.8) is 0 Å². The number of pyridine rings is 1. The maximum atomic E-state index is 12.5. The van der Waals surface area contributed by atoms with Crippen LogP contribution in [-0.4, -0.2) is 29.9 Å². The lowest BCUT2D eigenvalue weighted by molar-refractivity contribution is 0.102. The number of ether oxygens (including phenoxy) is 1. The number of aliphatic imine (C=N–C) groups is 1. The molecule has 3 rings (SSSR count). The molecule has 0 unspecified atom stereocenters. The Bertz CT molecular complexity index is 853. The van der Waals surface area contributed by atoms with E-state index >= 15 is 0 Å². The van der Waals surface area contributed by atoms with Gasteiger partial charge in [-0.2, -0.15) is 0 Å². The number of amidine groups is 1. The number of aryl methyl sites for hydroxylation is 1. The minimum absolute atomic E-state index is 0.254. The smallest absolute Gasteiger partial charge is 0.274 e. The summed E-state index contributed by atoms with van der Waals surface area (Å²) < 4.78 is 6.35. The summed E-state index contributed by atoms with van der Waals surface area (Å²) in [7, 11) is 0. The molecule has 1 aliphatic rings. The second kappa shape index (κ2) is 6.93. The first-order valence-electron chi connectivity index (χ1n) is 7.83. The quantitative estimate of drug-likeness (QED) is 0.825. The fraction of sp³-hybridized carbons (Fsp3) is 0.278. The van der Waals surface area contributed by atoms with Gasteiger partial charge in [0.2, 0.25) is 0 Å². The lowest BCUT2D eigenvalue weighted by Crippen LogP contribution is -2.37. The number of benzene rings is 1. The molecule has 0 fully saturated rings. The SMILES string of the molecule is Cc1cc(Br)cnc1C(=O)Nc1cccc([C@]2(C)COCC(N)=N2)c1. The molecular formula is C18H19BrN4O2. The van der Waals surface area contributed by atoms with E-state index < -0.39 is 5.54 Å². The van der Waals surface area contributed by atoms with E-state index in [1.165, 1.54) is 0 Å². The molecule has 7 heteroatoms. The molecular weight excluding hydrogens is 384 g/mol. The van der Waals surface area contributed by atoms with Crippen LogP contribution >= 0.6 is 15.9 Å². The van der Waals surface area contributed by atoms with Gasteiger partial charge in [-0.1, -0.05) is 12.1 Å². The van der Waals surface area contributed by atoms with Gasteiger partial charge < -0.3 is 15.8 Å². The lowest BCUT2D eigenvalue weighted by atomic mass is 9.92. The Balaban J connectivity index is 1.85. The van der Waals surface area contributed by atoms with Crippen LogP contribution < -0.4 is 11.1 Å². The van der Waals surface area contributed by atoms with Crippen LogP contribution in [0.25, 0.3) is 0 Å². The number of nitrogens with zero attached hydrogens (tertiary/aromatic N) is 2. The summed E-state index contributed by atoms with van der Waals surface area (Å²) in [6.45, 7) is 4.60. The fourth-order valence-corrected chi connectivity index (χ4v) is 3.23. The van der Waals surface area contributed by atoms with Gasteiger partial charge in [-0.3, -0.25) is 9.79 Å². The Labute approximate surface area is 154 Å². The highest BCUT2D eigenvalue weighted by atomic mass is 79.9. The van der Waals surface area contributed by atoms with Crippen molar-refractivity contribution in [2.24, 2.45) is 10.7 Å². The standard InChI is InChI=1S/C18H19BrN4O2/c1-11-6-13(19)8-21-16(11)17(24)22-14-5-3-4-12(7-14)18(2)10-25-9-15(20)23-18/h3-8H,9-10H2,1-2H3,(H2,20,23)(H,22,24)/t18-/m0/s1. The molecule has 2 aromatic rings. The van der Waals surface area contributed by atoms with Gasteiger partial charge in [0.15, 0.2) is 0 Å². The van der Waals surface area contributed by atoms with Crippen molar-refractivity contribution in [3.05, 3.63) is 57.8 Å². The second-order valence-corrected chi connectivity index (χ2v) is 7.14. The van der Waals surface area contributed by atoms with Crippen molar-refractivity contribution in [1.29, 1.82) is 0 Å². The highest BCUT2D eigenvalue weighted by Crippen LogP contribution is 2.30. The summed E-state index contributed by atoms with van der Waals surface area (Å²) >= 11 is 3.35. The molecule has 25 heavy (non-hydrogen) atoms. The number of hydrogen-bond acceptors (Lipinski definition) is 5. The summed E-state index contributed by atoms with van der Waals surface area (Å²) in [6, 6.07) is 9.39. The lowest BCUT2D eigenvalue weighted by Gasteiger charge is -2.30. The van der Waals surface area contributed by atoms with Crippen LogP contribution in [-0.2, 0) is 10.3 Å². The largest absolute Gasteiger partial charge is 0.386 e. The van der Waals surface area contributed by atoms with Gasteiger partial charge in [-0.15, -0.1) is 0 Å². The van der Waals surface area contributed by atoms with Crippen molar-refractivity contribution in [2.45, 2.75) is 19.4 Å². The zero-order valence-electron chi connectivity index (χ0n) is 14.0. The fourth-order valence-electron chi connectivity index (χ4n) is 2.78. The number of nitrogens with two attached hydrogens (primary N) is 1. The van der Waals surface area contributed by atoms with Gasteiger partial charge in [0.25, 0.3) is 5.91 Å². The summed E-state index contributed by atoms with van der Waals surface area (Å²) in [5, 5.41) is 2.89. The Morgan fingerprint density at radius 3 is 2.92 bits per heavy atom. The zero-order valence-corrected chi connectivity index (χ0v) is 15.6. The molecule has 1 amide bonds. The van der Waals surface area contributed by atoms with Crippen LogP contribution in [0.5, 0.6) is 0 Å².